The van der Waals surface area contributed by atoms with Crippen molar-refractivity contribution < 1.29 is 19.1 Å². The summed E-state index contributed by atoms with van der Waals surface area (Å²) in [6.45, 7) is 7.79. The van der Waals surface area contributed by atoms with Gasteiger partial charge in [0.2, 0.25) is 11.9 Å². The first-order valence-electron chi connectivity index (χ1n) is 13.2. The maximum absolute atomic E-state index is 13.6. The molecule has 1 saturated carbocycles. The van der Waals surface area contributed by atoms with Gasteiger partial charge in [-0.05, 0) is 44.2 Å². The van der Waals surface area contributed by atoms with E-state index in [0.29, 0.717) is 77.1 Å². The second kappa shape index (κ2) is 13.6. The Labute approximate surface area is 209 Å². The fourth-order valence-electron chi connectivity index (χ4n) is 4.88. The quantitative estimate of drug-likeness (QED) is 0.368. The van der Waals surface area contributed by atoms with Crippen LogP contribution in [0.2, 0.25) is 0 Å². The number of piperidine rings is 1. The molecule has 1 aliphatic carbocycles. The van der Waals surface area contributed by atoms with Crippen LogP contribution in [0.4, 0.5) is 4.79 Å². The number of carbonyl (C=O) groups is 2. The van der Waals surface area contributed by atoms with Crippen LogP contribution in [0.5, 0.6) is 0 Å². The van der Waals surface area contributed by atoms with Gasteiger partial charge >= 0.3 is 6.09 Å². The summed E-state index contributed by atoms with van der Waals surface area (Å²) in [6.07, 6.45) is 6.83. The monoisotopic (exact) mass is 490 g/mol. The fraction of sp³-hybridized carbons (Fsp3) is 0.840. The van der Waals surface area contributed by atoms with Gasteiger partial charge < -0.3 is 25.0 Å². The lowest BCUT2D eigenvalue weighted by molar-refractivity contribution is -0.124. The maximum Gasteiger partial charge on any atom is 0.413 e. The second-order valence-corrected chi connectivity index (χ2v) is 10.4. The van der Waals surface area contributed by atoms with Crippen molar-refractivity contribution in [1.82, 2.24) is 20.9 Å². The predicted molar refractivity (Wildman–Crippen MR) is 133 cm³/mol. The van der Waals surface area contributed by atoms with E-state index in [9.17, 15) is 14.9 Å². The Morgan fingerprint density at radius 2 is 1.89 bits per heavy atom. The van der Waals surface area contributed by atoms with Crippen molar-refractivity contribution in [3.8, 4) is 6.07 Å². The number of amides is 2. The third-order valence-electron chi connectivity index (χ3n) is 6.97. The van der Waals surface area contributed by atoms with Crippen molar-refractivity contribution in [1.29, 1.82) is 5.26 Å². The lowest BCUT2D eigenvalue weighted by atomic mass is 9.84. The largest absolute Gasteiger partial charge is 0.449 e. The number of nitrogens with one attached hydrogen (secondary N) is 3. The molecule has 2 heterocycles. The molecule has 0 spiro atoms. The molecule has 196 valence electrons. The van der Waals surface area contributed by atoms with Crippen molar-refractivity contribution in [2.45, 2.75) is 76.8 Å². The van der Waals surface area contributed by atoms with Crippen molar-refractivity contribution in [2.24, 2.45) is 16.8 Å². The van der Waals surface area contributed by atoms with Crippen LogP contribution in [0.3, 0.4) is 0 Å². The second-order valence-electron chi connectivity index (χ2n) is 10.4. The van der Waals surface area contributed by atoms with Crippen LogP contribution < -0.4 is 16.0 Å². The van der Waals surface area contributed by atoms with Crippen LogP contribution in [0, 0.1) is 23.2 Å². The number of morpholine rings is 1. The molecular formula is C25H42N6O4. The molecule has 3 rings (SSSR count). The van der Waals surface area contributed by atoms with Crippen molar-refractivity contribution >= 4 is 18.0 Å². The Morgan fingerprint density at radius 1 is 1.20 bits per heavy atom. The highest BCUT2D eigenvalue weighted by atomic mass is 16.5. The van der Waals surface area contributed by atoms with Gasteiger partial charge in [0, 0.05) is 13.1 Å². The maximum atomic E-state index is 13.6. The van der Waals surface area contributed by atoms with Crippen molar-refractivity contribution in [3.63, 3.8) is 0 Å². The van der Waals surface area contributed by atoms with Gasteiger partial charge in [0.15, 0.2) is 0 Å². The van der Waals surface area contributed by atoms with Gasteiger partial charge in [-0.15, -0.1) is 0 Å². The summed E-state index contributed by atoms with van der Waals surface area (Å²) >= 11 is 0. The first-order chi connectivity index (χ1) is 16.9. The van der Waals surface area contributed by atoms with E-state index < -0.39 is 17.7 Å². The van der Waals surface area contributed by atoms with E-state index in [4.69, 9.17) is 14.5 Å². The smallest absolute Gasteiger partial charge is 0.413 e. The Morgan fingerprint density at radius 3 is 2.51 bits per heavy atom. The molecule has 0 bridgehead atoms. The number of ether oxygens (including phenoxy) is 2. The molecule has 10 nitrogen and oxygen atoms in total. The van der Waals surface area contributed by atoms with Crippen LogP contribution in [-0.2, 0) is 14.3 Å². The molecule has 3 aliphatic rings. The average Bonchev–Trinajstić information content (AvgIpc) is 2.88. The summed E-state index contributed by atoms with van der Waals surface area (Å²) in [7, 11) is 0. The number of alkyl carbamates (subject to hydrolysis) is 1. The molecule has 0 unspecified atom stereocenters. The molecule has 0 radical (unpaired) electrons. The topological polar surface area (TPSA) is 128 Å². The van der Waals surface area contributed by atoms with Gasteiger partial charge in [0.05, 0.1) is 25.9 Å². The predicted octanol–water partition coefficient (Wildman–Crippen LogP) is 2.16. The number of nitrogens with zero attached hydrogens (tertiary/aromatic N) is 3. The summed E-state index contributed by atoms with van der Waals surface area (Å²) in [6, 6.07) is 1.65. The molecule has 1 atom stereocenters. The Balaban J connectivity index is 1.82. The number of nitriles is 1. The number of hydrogen-bond acceptors (Lipinski definition) is 7. The number of guanidine groups is 1. The van der Waals surface area contributed by atoms with Gasteiger partial charge in [-0.2, -0.15) is 5.26 Å². The molecule has 10 heteroatoms. The summed E-state index contributed by atoms with van der Waals surface area (Å²) in [5.74, 6) is 0.700. The Bertz CT molecular complexity index is 762. The van der Waals surface area contributed by atoms with E-state index in [1.165, 1.54) is 6.42 Å². The Kier molecular flexibility index (Phi) is 10.6. The van der Waals surface area contributed by atoms with Crippen LogP contribution in [0.1, 0.15) is 65.2 Å². The van der Waals surface area contributed by atoms with E-state index in [1.807, 2.05) is 18.7 Å². The van der Waals surface area contributed by atoms with Crippen molar-refractivity contribution in [2.75, 3.05) is 46.0 Å². The highest BCUT2D eigenvalue weighted by Gasteiger charge is 2.37. The normalized spacial score (nSPS) is 22.2. The minimum atomic E-state index is -0.884. The van der Waals surface area contributed by atoms with Crippen LogP contribution in [0.15, 0.2) is 4.99 Å². The first kappa shape index (κ1) is 27.2. The molecule has 2 saturated heterocycles. The SMILES string of the molecule is CC(C)COC(=O)NC(=N[C@@H](CC1CCCCC1)C(=O)NC1(C#N)CCNCC1)N1CCOCC1. The highest BCUT2D eigenvalue weighted by molar-refractivity contribution is 5.96. The van der Waals surface area contributed by atoms with Gasteiger partial charge in [-0.3, -0.25) is 10.1 Å². The summed E-state index contributed by atoms with van der Waals surface area (Å²) in [5, 5.41) is 19.0. The average molecular weight is 491 g/mol. The van der Waals surface area contributed by atoms with Gasteiger partial charge in [-0.25, -0.2) is 9.79 Å². The molecule has 0 aromatic carbocycles. The molecule has 3 N–H and O–H groups in total. The fourth-order valence-corrected chi connectivity index (χ4v) is 4.88. The van der Waals surface area contributed by atoms with Crippen LogP contribution >= 0.6 is 0 Å². The minimum absolute atomic E-state index is 0.210. The highest BCUT2D eigenvalue weighted by Crippen LogP contribution is 2.29. The molecular weight excluding hydrogens is 448 g/mol. The third kappa shape index (κ3) is 8.65. The standard InChI is InChI=1S/C25H42N6O4/c1-19(2)17-35-24(33)29-23(31-12-14-34-15-13-31)28-21(16-20-6-4-3-5-7-20)22(32)30-25(18-26)8-10-27-11-9-25/h19-21,27H,3-17H2,1-2H3,(H,30,32)(H,28,29,33)/t21-/m0/s1. The molecule has 0 aromatic heterocycles. The molecule has 0 aromatic rings. The number of hydrogen-bond donors (Lipinski definition) is 3. The van der Waals surface area contributed by atoms with Crippen LogP contribution in [-0.4, -0.2) is 80.4 Å². The lowest BCUT2D eigenvalue weighted by Gasteiger charge is -2.34. The molecule has 2 amide bonds. The van der Waals surface area contributed by atoms with E-state index in [1.54, 1.807) is 0 Å². The summed E-state index contributed by atoms with van der Waals surface area (Å²) in [5.41, 5.74) is -0.884. The number of aliphatic imine (C=N–C) groups is 1. The van der Waals surface area contributed by atoms with Gasteiger partial charge in [0.1, 0.15) is 11.6 Å². The Hall–Kier alpha value is -2.38. The van der Waals surface area contributed by atoms with Crippen LogP contribution in [0.25, 0.3) is 0 Å². The zero-order valence-electron chi connectivity index (χ0n) is 21.3. The third-order valence-corrected chi connectivity index (χ3v) is 6.97. The molecule has 3 fully saturated rings. The molecule has 2 aliphatic heterocycles. The lowest BCUT2D eigenvalue weighted by Crippen LogP contribution is -2.56. The minimum Gasteiger partial charge on any atom is -0.449 e. The van der Waals surface area contributed by atoms with E-state index in [-0.39, 0.29) is 11.8 Å². The number of carbonyl (C=O) groups excluding carboxylic acids is 2. The van der Waals surface area contributed by atoms with Crippen molar-refractivity contribution in [3.05, 3.63) is 0 Å². The zero-order chi connectivity index (χ0) is 25.1. The first-order valence-corrected chi connectivity index (χ1v) is 13.2. The van der Waals surface area contributed by atoms with Gasteiger partial charge in [0.25, 0.3) is 0 Å². The zero-order valence-corrected chi connectivity index (χ0v) is 21.3. The molecule has 35 heavy (non-hydrogen) atoms. The van der Waals surface area contributed by atoms with E-state index >= 15 is 0 Å². The van der Waals surface area contributed by atoms with E-state index in [0.717, 1.165) is 25.7 Å². The number of rotatable bonds is 7. The van der Waals surface area contributed by atoms with E-state index in [2.05, 4.69) is 22.0 Å². The summed E-state index contributed by atoms with van der Waals surface area (Å²) < 4.78 is 10.8. The summed E-state index contributed by atoms with van der Waals surface area (Å²) in [4.78, 5) is 32.9. The van der Waals surface area contributed by atoms with Gasteiger partial charge in [-0.1, -0.05) is 46.0 Å².